The van der Waals surface area contributed by atoms with Gasteiger partial charge in [-0.15, -0.1) is 0 Å². The molecule has 0 spiro atoms. The number of hydrogen-bond acceptors (Lipinski definition) is 4. The number of halogens is 1. The molecule has 28 heavy (non-hydrogen) atoms. The Kier molecular flexibility index (Phi) is 3.75. The maximum absolute atomic E-state index is 13.2. The van der Waals surface area contributed by atoms with E-state index < -0.39 is 0 Å². The minimum atomic E-state index is -0.321. The van der Waals surface area contributed by atoms with Crippen molar-refractivity contribution in [2.24, 2.45) is 0 Å². The zero-order chi connectivity index (χ0) is 19.3. The largest absolute Gasteiger partial charge is 0.356 e. The predicted octanol–water partition coefficient (Wildman–Crippen LogP) is 3.17. The number of fused-ring (bicyclic) bond motifs is 2. The van der Waals surface area contributed by atoms with Crippen LogP contribution in [0.5, 0.6) is 0 Å². The molecular weight excluding hydrogens is 361 g/mol. The van der Waals surface area contributed by atoms with E-state index in [1.807, 2.05) is 0 Å². The van der Waals surface area contributed by atoms with Crippen molar-refractivity contribution in [2.75, 3.05) is 11.9 Å². The SMILES string of the molecule is O=C1Cc2cc(C(=O)N3CCc4noc(-c5ccc(F)cc5)c4C3)ccc2N1. The van der Waals surface area contributed by atoms with E-state index in [0.29, 0.717) is 37.3 Å². The Morgan fingerprint density at radius 2 is 2.00 bits per heavy atom. The molecule has 3 heterocycles. The van der Waals surface area contributed by atoms with E-state index in [4.69, 9.17) is 4.52 Å². The third kappa shape index (κ3) is 2.76. The summed E-state index contributed by atoms with van der Waals surface area (Å²) in [6.07, 6.45) is 0.887. The minimum absolute atomic E-state index is 0.0596. The molecule has 2 amide bonds. The van der Waals surface area contributed by atoms with Gasteiger partial charge < -0.3 is 14.7 Å². The van der Waals surface area contributed by atoms with Crippen molar-refractivity contribution >= 4 is 17.5 Å². The van der Waals surface area contributed by atoms with Gasteiger partial charge in [-0.3, -0.25) is 9.59 Å². The van der Waals surface area contributed by atoms with E-state index in [2.05, 4.69) is 10.5 Å². The first-order valence-electron chi connectivity index (χ1n) is 9.04. The van der Waals surface area contributed by atoms with E-state index in [9.17, 15) is 14.0 Å². The summed E-state index contributed by atoms with van der Waals surface area (Å²) >= 11 is 0. The molecule has 0 aliphatic carbocycles. The molecule has 0 atom stereocenters. The summed E-state index contributed by atoms with van der Waals surface area (Å²) in [5, 5.41) is 6.90. The Balaban J connectivity index is 1.42. The van der Waals surface area contributed by atoms with Crippen molar-refractivity contribution in [2.45, 2.75) is 19.4 Å². The number of benzene rings is 2. The molecule has 3 aromatic rings. The molecule has 0 bridgehead atoms. The zero-order valence-corrected chi connectivity index (χ0v) is 14.9. The quantitative estimate of drug-likeness (QED) is 0.744. The summed E-state index contributed by atoms with van der Waals surface area (Å²) in [4.78, 5) is 26.3. The smallest absolute Gasteiger partial charge is 0.254 e. The third-order valence-corrected chi connectivity index (χ3v) is 5.21. The van der Waals surface area contributed by atoms with Crippen molar-refractivity contribution in [3.05, 3.63) is 70.7 Å². The van der Waals surface area contributed by atoms with Gasteiger partial charge in [-0.1, -0.05) is 5.16 Å². The molecule has 5 rings (SSSR count). The molecule has 1 N–H and O–H groups in total. The average molecular weight is 377 g/mol. The number of aromatic nitrogens is 1. The third-order valence-electron chi connectivity index (χ3n) is 5.21. The maximum atomic E-state index is 13.2. The average Bonchev–Trinajstić information content (AvgIpc) is 3.29. The lowest BCUT2D eigenvalue weighted by Crippen LogP contribution is -2.36. The van der Waals surface area contributed by atoms with Crippen LogP contribution in [0.25, 0.3) is 11.3 Å². The summed E-state index contributed by atoms with van der Waals surface area (Å²) < 4.78 is 18.7. The number of anilines is 1. The van der Waals surface area contributed by atoms with Gasteiger partial charge in [0.1, 0.15) is 5.82 Å². The number of carbonyl (C=O) groups excluding carboxylic acids is 2. The number of rotatable bonds is 2. The summed E-state index contributed by atoms with van der Waals surface area (Å²) in [5.41, 5.74) is 4.56. The standard InChI is InChI=1S/C21H16FN3O3/c22-15-4-1-12(2-5-15)20-16-11-25(8-7-18(16)24-28-20)21(27)13-3-6-17-14(9-13)10-19(26)23-17/h1-6,9H,7-8,10-11H2,(H,23,26). The molecule has 140 valence electrons. The second-order valence-corrected chi connectivity index (χ2v) is 7.02. The fourth-order valence-corrected chi connectivity index (χ4v) is 3.76. The molecular formula is C21H16FN3O3. The molecule has 2 aliphatic heterocycles. The minimum Gasteiger partial charge on any atom is -0.356 e. The maximum Gasteiger partial charge on any atom is 0.254 e. The van der Waals surface area contributed by atoms with Gasteiger partial charge in [0.2, 0.25) is 5.91 Å². The first-order valence-corrected chi connectivity index (χ1v) is 9.04. The molecule has 2 aromatic carbocycles. The van der Waals surface area contributed by atoms with E-state index in [-0.39, 0.29) is 17.6 Å². The first kappa shape index (κ1) is 16.7. The molecule has 0 unspecified atom stereocenters. The van der Waals surface area contributed by atoms with Crippen LogP contribution in [-0.2, 0) is 24.2 Å². The highest BCUT2D eigenvalue weighted by Gasteiger charge is 2.29. The topological polar surface area (TPSA) is 75.4 Å². The second-order valence-electron chi connectivity index (χ2n) is 7.02. The lowest BCUT2D eigenvalue weighted by molar-refractivity contribution is -0.115. The molecule has 1 aromatic heterocycles. The normalized spacial score (nSPS) is 15.2. The number of nitrogens with zero attached hydrogens (tertiary/aromatic N) is 2. The van der Waals surface area contributed by atoms with Gasteiger partial charge in [0, 0.05) is 35.3 Å². The first-order chi connectivity index (χ1) is 13.6. The fourth-order valence-electron chi connectivity index (χ4n) is 3.76. The summed E-state index contributed by atoms with van der Waals surface area (Å²) in [7, 11) is 0. The molecule has 0 saturated carbocycles. The van der Waals surface area contributed by atoms with Crippen LogP contribution in [0, 0.1) is 5.82 Å². The highest BCUT2D eigenvalue weighted by atomic mass is 19.1. The Labute approximate surface area is 159 Å². The van der Waals surface area contributed by atoms with E-state index in [1.54, 1.807) is 35.2 Å². The lowest BCUT2D eigenvalue weighted by Gasteiger charge is -2.26. The van der Waals surface area contributed by atoms with Crippen LogP contribution in [0.1, 0.15) is 27.2 Å². The van der Waals surface area contributed by atoms with Crippen molar-refractivity contribution in [3.63, 3.8) is 0 Å². The number of nitrogens with one attached hydrogen (secondary N) is 1. The number of amides is 2. The Bertz CT molecular complexity index is 1100. The van der Waals surface area contributed by atoms with Gasteiger partial charge in [0.25, 0.3) is 5.91 Å². The van der Waals surface area contributed by atoms with Crippen LogP contribution in [0.15, 0.2) is 47.0 Å². The highest BCUT2D eigenvalue weighted by Crippen LogP contribution is 2.32. The summed E-state index contributed by atoms with van der Waals surface area (Å²) in [5.74, 6) is 0.0875. The Morgan fingerprint density at radius 1 is 1.18 bits per heavy atom. The number of hydrogen-bond donors (Lipinski definition) is 1. The lowest BCUT2D eigenvalue weighted by atomic mass is 10.0. The zero-order valence-electron chi connectivity index (χ0n) is 14.9. The van der Waals surface area contributed by atoms with Gasteiger partial charge >= 0.3 is 0 Å². The monoisotopic (exact) mass is 377 g/mol. The van der Waals surface area contributed by atoms with Crippen molar-refractivity contribution < 1.29 is 18.5 Å². The summed E-state index contributed by atoms with van der Waals surface area (Å²) in [6, 6.07) is 11.3. The molecule has 2 aliphatic rings. The van der Waals surface area contributed by atoms with Gasteiger partial charge in [0.05, 0.1) is 18.7 Å². The van der Waals surface area contributed by atoms with Crippen LogP contribution in [-0.4, -0.2) is 28.4 Å². The molecule has 6 nitrogen and oxygen atoms in total. The van der Waals surface area contributed by atoms with E-state index in [0.717, 1.165) is 28.1 Å². The van der Waals surface area contributed by atoms with Gasteiger partial charge in [-0.05, 0) is 48.0 Å². The van der Waals surface area contributed by atoms with Crippen molar-refractivity contribution in [1.29, 1.82) is 0 Å². The van der Waals surface area contributed by atoms with Crippen LogP contribution >= 0.6 is 0 Å². The van der Waals surface area contributed by atoms with Crippen LogP contribution in [0.3, 0.4) is 0 Å². The van der Waals surface area contributed by atoms with Gasteiger partial charge in [0.15, 0.2) is 5.76 Å². The molecule has 0 saturated heterocycles. The second kappa shape index (κ2) is 6.30. The molecule has 0 fully saturated rings. The molecule has 0 radical (unpaired) electrons. The summed E-state index contributed by atoms with van der Waals surface area (Å²) in [6.45, 7) is 0.911. The predicted molar refractivity (Wildman–Crippen MR) is 99.1 cm³/mol. The Morgan fingerprint density at radius 3 is 2.82 bits per heavy atom. The van der Waals surface area contributed by atoms with Crippen molar-refractivity contribution in [1.82, 2.24) is 10.1 Å². The number of carbonyl (C=O) groups is 2. The van der Waals surface area contributed by atoms with E-state index in [1.165, 1.54) is 12.1 Å². The van der Waals surface area contributed by atoms with Crippen LogP contribution in [0.4, 0.5) is 10.1 Å². The molecule has 7 heteroatoms. The van der Waals surface area contributed by atoms with Crippen LogP contribution < -0.4 is 5.32 Å². The highest BCUT2D eigenvalue weighted by molar-refractivity contribution is 6.01. The van der Waals surface area contributed by atoms with Gasteiger partial charge in [-0.2, -0.15) is 0 Å². The van der Waals surface area contributed by atoms with Crippen LogP contribution in [0.2, 0.25) is 0 Å². The van der Waals surface area contributed by atoms with Gasteiger partial charge in [-0.25, -0.2) is 4.39 Å². The Hall–Kier alpha value is -3.48. The van der Waals surface area contributed by atoms with E-state index >= 15 is 0 Å². The fraction of sp³-hybridized carbons (Fsp3) is 0.190. The van der Waals surface area contributed by atoms with Crippen molar-refractivity contribution in [3.8, 4) is 11.3 Å².